The molecule has 0 atom stereocenters. The first-order valence-corrected chi connectivity index (χ1v) is 10.8. The fourth-order valence-corrected chi connectivity index (χ4v) is 4.58. The smallest absolute Gasteiger partial charge is 0.272 e. The number of aromatic amines is 2. The van der Waals surface area contributed by atoms with Crippen LogP contribution in [0.4, 0.5) is 5.69 Å². The van der Waals surface area contributed by atoms with Crippen molar-refractivity contribution in [1.82, 2.24) is 25.5 Å². The van der Waals surface area contributed by atoms with Gasteiger partial charge in [-0.2, -0.15) is 4.98 Å². The van der Waals surface area contributed by atoms with Gasteiger partial charge in [0, 0.05) is 7.11 Å². The predicted molar refractivity (Wildman–Crippen MR) is 126 cm³/mol. The summed E-state index contributed by atoms with van der Waals surface area (Å²) in [6.45, 7) is 1.57. The Balaban J connectivity index is 1.53. The summed E-state index contributed by atoms with van der Waals surface area (Å²) < 4.78 is 10.4. The molecule has 2 amide bonds. The fraction of sp³-hybridized carbons (Fsp3) is 0.238. The molecule has 0 aliphatic rings. The molecular formula is C21H20N6O6S. The Labute approximate surface area is 195 Å². The van der Waals surface area contributed by atoms with Gasteiger partial charge in [0.05, 0.1) is 40.4 Å². The van der Waals surface area contributed by atoms with Crippen molar-refractivity contribution < 1.29 is 19.1 Å². The van der Waals surface area contributed by atoms with E-state index in [1.807, 2.05) is 0 Å². The second-order valence-electron chi connectivity index (χ2n) is 7.19. The lowest BCUT2D eigenvalue weighted by atomic mass is 10.1. The molecule has 34 heavy (non-hydrogen) atoms. The van der Waals surface area contributed by atoms with Crippen molar-refractivity contribution in [2.24, 2.45) is 0 Å². The van der Waals surface area contributed by atoms with E-state index in [4.69, 9.17) is 9.47 Å². The van der Waals surface area contributed by atoms with Gasteiger partial charge in [0.25, 0.3) is 17.0 Å². The minimum atomic E-state index is -0.570. The molecule has 0 aliphatic carbocycles. The molecule has 0 saturated carbocycles. The van der Waals surface area contributed by atoms with E-state index in [2.05, 4.69) is 30.8 Å². The molecule has 0 aliphatic heterocycles. The third-order valence-electron chi connectivity index (χ3n) is 4.99. The molecule has 176 valence electrons. The van der Waals surface area contributed by atoms with Crippen molar-refractivity contribution in [2.75, 3.05) is 26.1 Å². The Hall–Kier alpha value is -4.10. The van der Waals surface area contributed by atoms with E-state index in [1.165, 1.54) is 32.4 Å². The molecule has 0 fully saturated rings. The van der Waals surface area contributed by atoms with Crippen molar-refractivity contribution in [3.8, 4) is 5.88 Å². The first kappa shape index (κ1) is 23.1. The van der Waals surface area contributed by atoms with Crippen LogP contribution in [0.2, 0.25) is 0 Å². The number of anilines is 1. The van der Waals surface area contributed by atoms with E-state index in [0.29, 0.717) is 32.4 Å². The van der Waals surface area contributed by atoms with E-state index < -0.39 is 22.9 Å². The topological polar surface area (TPSA) is 168 Å². The lowest BCUT2D eigenvalue weighted by Gasteiger charge is -2.09. The summed E-state index contributed by atoms with van der Waals surface area (Å²) in [4.78, 5) is 59.0. The predicted octanol–water partition coefficient (Wildman–Crippen LogP) is 1.05. The summed E-state index contributed by atoms with van der Waals surface area (Å²) in [7, 11) is 3.00. The lowest BCUT2D eigenvalue weighted by molar-refractivity contribution is -0.115. The normalized spacial score (nSPS) is 11.0. The van der Waals surface area contributed by atoms with Crippen molar-refractivity contribution in [1.29, 1.82) is 0 Å². The van der Waals surface area contributed by atoms with Crippen LogP contribution in [-0.2, 0) is 16.1 Å². The van der Waals surface area contributed by atoms with Gasteiger partial charge in [0.1, 0.15) is 11.4 Å². The van der Waals surface area contributed by atoms with Crippen LogP contribution in [0.1, 0.15) is 21.1 Å². The highest BCUT2D eigenvalue weighted by Crippen LogP contribution is 2.35. The van der Waals surface area contributed by atoms with Gasteiger partial charge >= 0.3 is 0 Å². The number of carbonyl (C=O) groups excluding carboxylic acids is 2. The number of aromatic nitrogens is 4. The number of benzene rings is 1. The van der Waals surface area contributed by atoms with Crippen LogP contribution < -0.4 is 26.5 Å². The number of carbonyl (C=O) groups is 2. The average molecular weight is 484 g/mol. The molecule has 1 aromatic carbocycles. The van der Waals surface area contributed by atoms with E-state index in [-0.39, 0.29) is 29.6 Å². The van der Waals surface area contributed by atoms with Gasteiger partial charge < -0.3 is 20.1 Å². The van der Waals surface area contributed by atoms with E-state index >= 15 is 0 Å². The highest BCUT2D eigenvalue weighted by atomic mass is 32.1. The summed E-state index contributed by atoms with van der Waals surface area (Å²) in [5.41, 5.74) is -0.267. The van der Waals surface area contributed by atoms with Gasteiger partial charge in [-0.25, -0.2) is 4.98 Å². The molecule has 4 N–H and O–H groups in total. The Morgan fingerprint density at radius 2 is 1.85 bits per heavy atom. The van der Waals surface area contributed by atoms with Crippen molar-refractivity contribution >= 4 is 49.8 Å². The number of methoxy groups -OCH3 is 2. The summed E-state index contributed by atoms with van der Waals surface area (Å²) in [6.07, 6.45) is 0. The minimum Gasteiger partial charge on any atom is -0.480 e. The molecule has 0 radical (unpaired) electrons. The Morgan fingerprint density at radius 1 is 1.09 bits per heavy atom. The summed E-state index contributed by atoms with van der Waals surface area (Å²) in [6, 6.07) is 4.51. The highest BCUT2D eigenvalue weighted by molar-refractivity contribution is 7.20. The number of H-pyrrole nitrogens is 2. The number of fused-ring (bicyclic) bond motifs is 2. The number of ether oxygens (including phenoxy) is 2. The summed E-state index contributed by atoms with van der Waals surface area (Å²) >= 11 is 1.15. The number of hydrogen-bond acceptors (Lipinski definition) is 9. The number of nitrogens with one attached hydrogen (secondary N) is 4. The zero-order valence-corrected chi connectivity index (χ0v) is 19.2. The maximum absolute atomic E-state index is 12.8. The van der Waals surface area contributed by atoms with Crippen LogP contribution in [0.5, 0.6) is 5.88 Å². The van der Waals surface area contributed by atoms with E-state index in [9.17, 15) is 19.2 Å². The van der Waals surface area contributed by atoms with Gasteiger partial charge in [0.2, 0.25) is 11.8 Å². The van der Waals surface area contributed by atoms with Crippen LogP contribution >= 0.6 is 11.3 Å². The standard InChI is InChI=1S/C21H20N6O6S/c1-9-14-20(33-3)24-12(8-32-2)25-21(14)34-16(9)19(31)22-7-13(28)23-11-6-4-5-10-15(11)18(30)27-26-17(10)29/h4-6H,7-8H2,1-3H3,(H,22,31)(H,23,28)(H,26,29)(H,27,30). The van der Waals surface area contributed by atoms with Crippen LogP contribution in [0, 0.1) is 6.92 Å². The number of rotatable bonds is 7. The molecule has 4 rings (SSSR count). The fourth-order valence-electron chi connectivity index (χ4n) is 3.47. The van der Waals surface area contributed by atoms with Crippen LogP contribution in [0.25, 0.3) is 21.0 Å². The van der Waals surface area contributed by atoms with E-state index in [0.717, 1.165) is 11.3 Å². The largest absolute Gasteiger partial charge is 0.480 e. The van der Waals surface area contributed by atoms with Gasteiger partial charge in [-0.15, -0.1) is 11.3 Å². The van der Waals surface area contributed by atoms with Gasteiger partial charge in [-0.3, -0.25) is 29.4 Å². The second-order valence-corrected chi connectivity index (χ2v) is 8.18. The molecule has 3 heterocycles. The van der Waals surface area contributed by atoms with Gasteiger partial charge in [0.15, 0.2) is 5.82 Å². The first-order chi connectivity index (χ1) is 16.3. The molecule has 0 spiro atoms. The van der Waals surface area contributed by atoms with Crippen molar-refractivity contribution in [2.45, 2.75) is 13.5 Å². The zero-order chi connectivity index (χ0) is 24.4. The number of amides is 2. The Bertz CT molecular complexity index is 1540. The second kappa shape index (κ2) is 9.41. The molecule has 0 saturated heterocycles. The number of nitrogens with zero attached hydrogens (tertiary/aromatic N) is 2. The van der Waals surface area contributed by atoms with Crippen LogP contribution in [0.15, 0.2) is 27.8 Å². The van der Waals surface area contributed by atoms with Gasteiger partial charge in [-0.1, -0.05) is 6.07 Å². The van der Waals surface area contributed by atoms with Crippen LogP contribution in [-0.4, -0.2) is 52.7 Å². The number of thiophene rings is 1. The lowest BCUT2D eigenvalue weighted by Crippen LogP contribution is -2.33. The first-order valence-electron chi connectivity index (χ1n) is 9.98. The molecule has 0 unspecified atom stereocenters. The van der Waals surface area contributed by atoms with Gasteiger partial charge in [-0.05, 0) is 24.6 Å². The molecular weight excluding hydrogens is 464 g/mol. The van der Waals surface area contributed by atoms with E-state index in [1.54, 1.807) is 6.92 Å². The highest BCUT2D eigenvalue weighted by Gasteiger charge is 2.22. The molecule has 13 heteroatoms. The molecule has 4 aromatic rings. The third kappa shape index (κ3) is 4.25. The Morgan fingerprint density at radius 3 is 2.59 bits per heavy atom. The SMILES string of the molecule is COCc1nc(OC)c2c(C)c(C(=O)NCC(=O)Nc3cccc4c(=O)[nH][nH]c(=O)c34)sc2n1. The van der Waals surface area contributed by atoms with Crippen LogP contribution in [0.3, 0.4) is 0 Å². The van der Waals surface area contributed by atoms with Crippen molar-refractivity contribution in [3.05, 3.63) is 55.2 Å². The average Bonchev–Trinajstić information content (AvgIpc) is 3.16. The summed E-state index contributed by atoms with van der Waals surface area (Å²) in [5, 5.41) is 10.4. The number of hydrogen-bond donors (Lipinski definition) is 4. The quantitative estimate of drug-likeness (QED) is 0.302. The third-order valence-corrected chi connectivity index (χ3v) is 6.17. The monoisotopic (exact) mass is 484 g/mol. The zero-order valence-electron chi connectivity index (χ0n) is 18.4. The Kier molecular flexibility index (Phi) is 6.38. The maximum Gasteiger partial charge on any atom is 0.272 e. The van der Waals surface area contributed by atoms with Crippen molar-refractivity contribution in [3.63, 3.8) is 0 Å². The molecule has 12 nitrogen and oxygen atoms in total. The summed E-state index contributed by atoms with van der Waals surface area (Å²) in [5.74, 6) is -0.292. The minimum absolute atomic E-state index is 0.0452. The number of aryl methyl sites for hydroxylation is 1. The molecule has 3 aromatic heterocycles. The maximum atomic E-state index is 12.8. The molecule has 0 bridgehead atoms.